The average Bonchev–Trinajstić information content (AvgIpc) is 3.55. The monoisotopic (exact) mass is 476 g/mol. The molecule has 1 aliphatic rings. The number of hydrogen-bond acceptors (Lipinski definition) is 6. The van der Waals surface area contributed by atoms with Gasteiger partial charge in [-0.25, -0.2) is 19.0 Å². The van der Waals surface area contributed by atoms with E-state index in [1.54, 1.807) is 35.4 Å². The minimum absolute atomic E-state index is 0.0454. The molecule has 0 radical (unpaired) electrons. The molecule has 2 amide bonds. The number of nitrogens with one attached hydrogen (secondary N) is 1. The van der Waals surface area contributed by atoms with Crippen LogP contribution in [0.4, 0.5) is 10.2 Å². The van der Waals surface area contributed by atoms with Gasteiger partial charge in [0.25, 0.3) is 5.91 Å². The average molecular weight is 477 g/mol. The van der Waals surface area contributed by atoms with E-state index in [1.165, 1.54) is 28.2 Å². The summed E-state index contributed by atoms with van der Waals surface area (Å²) in [7, 11) is 0. The fraction of sp³-hybridized carbons (Fsp3) is 0.208. The summed E-state index contributed by atoms with van der Waals surface area (Å²) < 4.78 is 15.3. The topological polar surface area (TPSA) is 93.0 Å². The summed E-state index contributed by atoms with van der Waals surface area (Å²) in [6.45, 7) is 0.837. The van der Waals surface area contributed by atoms with E-state index in [1.807, 2.05) is 23.6 Å². The molecule has 10 heteroatoms. The highest BCUT2D eigenvalue weighted by Crippen LogP contribution is 2.27. The van der Waals surface area contributed by atoms with Crippen LogP contribution in [0.1, 0.15) is 23.5 Å². The highest BCUT2D eigenvalue weighted by molar-refractivity contribution is 7.13. The van der Waals surface area contributed by atoms with Gasteiger partial charge in [-0.2, -0.15) is 0 Å². The lowest BCUT2D eigenvalue weighted by Crippen LogP contribution is -2.42. The van der Waals surface area contributed by atoms with Gasteiger partial charge in [-0.1, -0.05) is 18.2 Å². The van der Waals surface area contributed by atoms with E-state index in [2.05, 4.69) is 20.4 Å². The SMILES string of the molecule is O=C(Nc1ccccn1)C1CCN(C(=O)c2nc(-c3cccs3)n(-c3cccc(F)c3)n2)CC1. The molecule has 8 nitrogen and oxygen atoms in total. The molecular weight excluding hydrogens is 455 g/mol. The molecule has 1 aliphatic heterocycles. The van der Waals surface area contributed by atoms with Crippen molar-refractivity contribution in [1.82, 2.24) is 24.6 Å². The maximum Gasteiger partial charge on any atom is 0.293 e. The number of halogens is 1. The van der Waals surface area contributed by atoms with Crippen LogP contribution >= 0.6 is 11.3 Å². The molecule has 5 rings (SSSR count). The lowest BCUT2D eigenvalue weighted by Gasteiger charge is -2.30. The minimum Gasteiger partial charge on any atom is -0.336 e. The fourth-order valence-electron chi connectivity index (χ4n) is 3.91. The van der Waals surface area contributed by atoms with E-state index in [9.17, 15) is 14.0 Å². The Kier molecular flexibility index (Phi) is 6.13. The summed E-state index contributed by atoms with van der Waals surface area (Å²) in [6.07, 6.45) is 2.69. The summed E-state index contributed by atoms with van der Waals surface area (Å²) in [6, 6.07) is 15.1. The van der Waals surface area contributed by atoms with Gasteiger partial charge in [-0.15, -0.1) is 16.4 Å². The van der Waals surface area contributed by atoms with Crippen molar-refractivity contribution in [2.45, 2.75) is 12.8 Å². The molecule has 0 unspecified atom stereocenters. The maximum absolute atomic E-state index is 13.9. The van der Waals surface area contributed by atoms with Crippen molar-refractivity contribution >= 4 is 29.0 Å². The number of aromatic nitrogens is 4. The van der Waals surface area contributed by atoms with E-state index in [-0.39, 0.29) is 23.6 Å². The molecule has 1 saturated heterocycles. The highest BCUT2D eigenvalue weighted by atomic mass is 32.1. The number of piperidine rings is 1. The number of anilines is 1. The number of amides is 2. The van der Waals surface area contributed by atoms with Crippen molar-refractivity contribution in [2.24, 2.45) is 5.92 Å². The molecule has 0 spiro atoms. The molecule has 0 atom stereocenters. The van der Waals surface area contributed by atoms with Crippen molar-refractivity contribution in [3.8, 4) is 16.4 Å². The number of carbonyl (C=O) groups excluding carboxylic acids is 2. The van der Waals surface area contributed by atoms with Gasteiger partial charge in [-0.3, -0.25) is 9.59 Å². The highest BCUT2D eigenvalue weighted by Gasteiger charge is 2.30. The molecule has 0 aliphatic carbocycles. The third-order valence-electron chi connectivity index (χ3n) is 5.66. The van der Waals surface area contributed by atoms with Crippen LogP contribution in [0, 0.1) is 11.7 Å². The normalized spacial score (nSPS) is 14.2. The third kappa shape index (κ3) is 4.58. The van der Waals surface area contributed by atoms with E-state index in [0.29, 0.717) is 43.3 Å². The van der Waals surface area contributed by atoms with E-state index in [0.717, 1.165) is 4.88 Å². The van der Waals surface area contributed by atoms with Crippen LogP contribution in [0.3, 0.4) is 0 Å². The van der Waals surface area contributed by atoms with Gasteiger partial charge >= 0.3 is 0 Å². The Bertz CT molecular complexity index is 1300. The first-order valence-corrected chi connectivity index (χ1v) is 11.7. The Balaban J connectivity index is 1.31. The van der Waals surface area contributed by atoms with Gasteiger partial charge in [0.1, 0.15) is 11.6 Å². The Hall–Kier alpha value is -3.92. The van der Waals surface area contributed by atoms with Crippen LogP contribution in [0.25, 0.3) is 16.4 Å². The molecule has 1 N–H and O–H groups in total. The molecular formula is C24H21FN6O2S. The number of carbonyl (C=O) groups is 2. The zero-order valence-electron chi connectivity index (χ0n) is 18.1. The molecule has 1 aromatic carbocycles. The van der Waals surface area contributed by atoms with E-state index in [4.69, 9.17) is 0 Å². The second kappa shape index (κ2) is 9.52. The smallest absolute Gasteiger partial charge is 0.293 e. The maximum atomic E-state index is 13.9. The van der Waals surface area contributed by atoms with Crippen LogP contribution in [0.2, 0.25) is 0 Å². The number of hydrogen-bond donors (Lipinski definition) is 1. The van der Waals surface area contributed by atoms with Crippen LogP contribution in [-0.4, -0.2) is 49.6 Å². The lowest BCUT2D eigenvalue weighted by molar-refractivity contribution is -0.121. The summed E-state index contributed by atoms with van der Waals surface area (Å²) in [5.41, 5.74) is 0.486. The largest absolute Gasteiger partial charge is 0.336 e. The zero-order chi connectivity index (χ0) is 23.5. The second-order valence-electron chi connectivity index (χ2n) is 7.90. The summed E-state index contributed by atoms with van der Waals surface area (Å²) in [5, 5.41) is 9.16. The Morgan fingerprint density at radius 3 is 2.62 bits per heavy atom. The second-order valence-corrected chi connectivity index (χ2v) is 8.85. The minimum atomic E-state index is -0.399. The number of thiophene rings is 1. The summed E-state index contributed by atoms with van der Waals surface area (Å²) in [4.78, 5) is 36.9. The predicted molar refractivity (Wildman–Crippen MR) is 126 cm³/mol. The van der Waals surface area contributed by atoms with Gasteiger partial charge in [0.15, 0.2) is 5.82 Å². The van der Waals surface area contributed by atoms with Crippen molar-refractivity contribution < 1.29 is 14.0 Å². The van der Waals surface area contributed by atoms with Gasteiger partial charge in [0.05, 0.1) is 10.6 Å². The van der Waals surface area contributed by atoms with Crippen LogP contribution in [0.15, 0.2) is 66.2 Å². The lowest BCUT2D eigenvalue weighted by atomic mass is 9.96. The van der Waals surface area contributed by atoms with Crippen LogP contribution in [-0.2, 0) is 4.79 Å². The Morgan fingerprint density at radius 1 is 1.06 bits per heavy atom. The van der Waals surface area contributed by atoms with Crippen molar-refractivity contribution in [3.63, 3.8) is 0 Å². The Morgan fingerprint density at radius 2 is 1.91 bits per heavy atom. The van der Waals surface area contributed by atoms with E-state index < -0.39 is 5.82 Å². The molecule has 4 heterocycles. The molecule has 0 bridgehead atoms. The van der Waals surface area contributed by atoms with Gasteiger partial charge in [-0.05, 0) is 54.6 Å². The number of likely N-dealkylation sites (tertiary alicyclic amines) is 1. The number of pyridine rings is 1. The number of nitrogens with zero attached hydrogens (tertiary/aromatic N) is 5. The number of rotatable bonds is 5. The van der Waals surface area contributed by atoms with Crippen LogP contribution in [0.5, 0.6) is 0 Å². The predicted octanol–water partition coefficient (Wildman–Crippen LogP) is 4.02. The van der Waals surface area contributed by atoms with E-state index >= 15 is 0 Å². The first-order valence-electron chi connectivity index (χ1n) is 10.9. The first kappa shape index (κ1) is 21.9. The molecule has 3 aromatic heterocycles. The van der Waals surface area contributed by atoms with Gasteiger partial charge in [0.2, 0.25) is 11.7 Å². The van der Waals surface area contributed by atoms with Crippen molar-refractivity contribution in [2.75, 3.05) is 18.4 Å². The van der Waals surface area contributed by atoms with Gasteiger partial charge < -0.3 is 10.2 Å². The number of benzene rings is 1. The Labute approximate surface area is 199 Å². The zero-order valence-corrected chi connectivity index (χ0v) is 18.9. The van der Waals surface area contributed by atoms with Crippen molar-refractivity contribution in [1.29, 1.82) is 0 Å². The summed E-state index contributed by atoms with van der Waals surface area (Å²) in [5.74, 6) is 0.0299. The standard InChI is InChI=1S/C24H21FN6O2S/c25-17-5-3-6-18(15-17)31-22(19-7-4-14-34-19)28-21(29-31)24(33)30-12-9-16(10-13-30)23(32)27-20-8-1-2-11-26-20/h1-8,11,14-16H,9-10,12-13H2,(H,26,27,32). The first-order chi connectivity index (χ1) is 16.6. The van der Waals surface area contributed by atoms with Crippen LogP contribution < -0.4 is 5.32 Å². The third-order valence-corrected chi connectivity index (χ3v) is 6.53. The summed E-state index contributed by atoms with van der Waals surface area (Å²) >= 11 is 1.46. The quantitative estimate of drug-likeness (QED) is 0.470. The molecule has 4 aromatic rings. The molecule has 1 fully saturated rings. The molecule has 34 heavy (non-hydrogen) atoms. The molecule has 172 valence electrons. The van der Waals surface area contributed by atoms with Gasteiger partial charge in [0, 0.05) is 25.2 Å². The van der Waals surface area contributed by atoms with Crippen molar-refractivity contribution in [3.05, 3.63) is 77.8 Å². The fourth-order valence-corrected chi connectivity index (χ4v) is 4.61. The molecule has 0 saturated carbocycles.